The van der Waals surface area contributed by atoms with Crippen LogP contribution >= 0.6 is 0 Å². The zero-order chi connectivity index (χ0) is 10.9. The molecule has 78 valence electrons. The number of hydrogen-bond donors (Lipinski definition) is 0. The van der Waals surface area contributed by atoms with Gasteiger partial charge in [-0.15, -0.1) is 0 Å². The highest BCUT2D eigenvalue weighted by molar-refractivity contribution is 5.31. The molecule has 0 aliphatic carbocycles. The molecule has 0 amide bonds. The first-order valence-corrected chi connectivity index (χ1v) is 4.92. The second kappa shape index (κ2) is 4.07. The first kappa shape index (κ1) is 11.2. The minimum Gasteiger partial charge on any atom is -0.207 e. The van der Waals surface area contributed by atoms with E-state index in [4.69, 9.17) is 0 Å². The van der Waals surface area contributed by atoms with Crippen LogP contribution in [0.5, 0.6) is 0 Å². The van der Waals surface area contributed by atoms with Crippen molar-refractivity contribution < 1.29 is 8.78 Å². The van der Waals surface area contributed by atoms with Crippen molar-refractivity contribution in [3.8, 4) is 0 Å². The summed E-state index contributed by atoms with van der Waals surface area (Å²) in [6.45, 7) is 7.45. The molecule has 0 unspecified atom stereocenters. The maximum Gasteiger partial charge on any atom is 0.130 e. The van der Waals surface area contributed by atoms with Crippen LogP contribution in [0.3, 0.4) is 0 Å². The van der Waals surface area contributed by atoms with Crippen molar-refractivity contribution in [2.24, 2.45) is 0 Å². The van der Waals surface area contributed by atoms with E-state index in [1.165, 1.54) is 12.1 Å². The molecule has 0 saturated heterocycles. The number of benzene rings is 1. The van der Waals surface area contributed by atoms with Crippen LogP contribution in [0.1, 0.15) is 50.7 Å². The van der Waals surface area contributed by atoms with Gasteiger partial charge in [-0.2, -0.15) is 0 Å². The summed E-state index contributed by atoms with van der Waals surface area (Å²) in [5.74, 6) is -0.568. The van der Waals surface area contributed by atoms with Crippen molar-refractivity contribution in [3.63, 3.8) is 0 Å². The third-order valence-corrected chi connectivity index (χ3v) is 2.34. The molecule has 2 heteroatoms. The third-order valence-electron chi connectivity index (χ3n) is 2.34. The molecule has 0 fully saturated rings. The predicted octanol–water partition coefficient (Wildman–Crippen LogP) is 4.21. The van der Waals surface area contributed by atoms with Crippen molar-refractivity contribution in [2.75, 3.05) is 0 Å². The van der Waals surface area contributed by atoms with E-state index in [9.17, 15) is 8.78 Å². The zero-order valence-corrected chi connectivity index (χ0v) is 9.07. The van der Waals surface area contributed by atoms with Crippen LogP contribution in [0.25, 0.3) is 0 Å². The molecular formula is C12H16F2. The minimum absolute atomic E-state index is 0.0169. The van der Waals surface area contributed by atoms with Crippen LogP contribution in [-0.2, 0) is 0 Å². The van der Waals surface area contributed by atoms with E-state index >= 15 is 0 Å². The van der Waals surface area contributed by atoms with Gasteiger partial charge in [0.25, 0.3) is 0 Å². The first-order valence-electron chi connectivity index (χ1n) is 4.92. The van der Waals surface area contributed by atoms with Crippen molar-refractivity contribution in [3.05, 3.63) is 34.9 Å². The van der Waals surface area contributed by atoms with Crippen LogP contribution in [0.4, 0.5) is 8.78 Å². The Morgan fingerprint density at radius 3 is 1.50 bits per heavy atom. The van der Waals surface area contributed by atoms with Gasteiger partial charge in [-0.05, 0) is 35.1 Å². The maximum absolute atomic E-state index is 13.8. The van der Waals surface area contributed by atoms with Gasteiger partial charge < -0.3 is 0 Å². The fourth-order valence-corrected chi connectivity index (χ4v) is 1.47. The molecular weight excluding hydrogens is 182 g/mol. The lowest BCUT2D eigenvalue weighted by Crippen LogP contribution is -2.02. The smallest absolute Gasteiger partial charge is 0.130 e. The van der Waals surface area contributed by atoms with Gasteiger partial charge in [0.15, 0.2) is 0 Å². The maximum atomic E-state index is 13.8. The van der Waals surface area contributed by atoms with Gasteiger partial charge in [-0.25, -0.2) is 8.78 Å². The molecule has 0 heterocycles. The van der Waals surface area contributed by atoms with Crippen molar-refractivity contribution in [1.82, 2.24) is 0 Å². The molecule has 14 heavy (non-hydrogen) atoms. The van der Waals surface area contributed by atoms with E-state index in [2.05, 4.69) is 0 Å². The minimum atomic E-state index is -0.348. The SMILES string of the molecule is CC(C)c1cc(F)cc(C(C)C)c1F. The average Bonchev–Trinajstić information content (AvgIpc) is 2.07. The van der Waals surface area contributed by atoms with Gasteiger partial charge in [0, 0.05) is 0 Å². The Bertz CT molecular complexity index is 298. The van der Waals surface area contributed by atoms with Gasteiger partial charge in [-0.1, -0.05) is 27.7 Å². The third kappa shape index (κ3) is 2.11. The fraction of sp³-hybridized carbons (Fsp3) is 0.500. The summed E-state index contributed by atoms with van der Waals surface area (Å²) in [7, 11) is 0. The molecule has 1 rings (SSSR count). The van der Waals surface area contributed by atoms with Gasteiger partial charge in [0.05, 0.1) is 0 Å². The molecule has 0 saturated carbocycles. The van der Waals surface area contributed by atoms with Crippen LogP contribution in [-0.4, -0.2) is 0 Å². The Morgan fingerprint density at radius 2 is 1.21 bits per heavy atom. The van der Waals surface area contributed by atoms with E-state index in [0.717, 1.165) is 0 Å². The summed E-state index contributed by atoms with van der Waals surface area (Å²) in [5, 5.41) is 0. The highest BCUT2D eigenvalue weighted by Crippen LogP contribution is 2.27. The van der Waals surface area contributed by atoms with Crippen molar-refractivity contribution >= 4 is 0 Å². The highest BCUT2D eigenvalue weighted by atomic mass is 19.1. The lowest BCUT2D eigenvalue weighted by molar-refractivity contribution is 0.552. The van der Waals surface area contributed by atoms with E-state index < -0.39 is 0 Å². The lowest BCUT2D eigenvalue weighted by Gasteiger charge is -2.13. The molecule has 0 aliphatic rings. The first-order chi connectivity index (χ1) is 6.43. The predicted molar refractivity (Wildman–Crippen MR) is 54.5 cm³/mol. The standard InChI is InChI=1S/C12H16F2/c1-7(2)10-5-9(13)6-11(8(3)4)12(10)14/h5-8H,1-4H3. The normalized spacial score (nSPS) is 11.4. The summed E-state index contributed by atoms with van der Waals surface area (Å²) in [6.07, 6.45) is 0. The van der Waals surface area contributed by atoms with E-state index in [1.54, 1.807) is 0 Å². The van der Waals surface area contributed by atoms with E-state index in [1.807, 2.05) is 27.7 Å². The summed E-state index contributed by atoms with van der Waals surface area (Å²) in [6, 6.07) is 2.57. The van der Waals surface area contributed by atoms with E-state index in [0.29, 0.717) is 11.1 Å². The lowest BCUT2D eigenvalue weighted by atomic mass is 9.94. The molecule has 1 aromatic rings. The van der Waals surface area contributed by atoms with Gasteiger partial charge >= 0.3 is 0 Å². The van der Waals surface area contributed by atoms with Gasteiger partial charge in [-0.3, -0.25) is 0 Å². The molecule has 0 N–H and O–H groups in total. The highest BCUT2D eigenvalue weighted by Gasteiger charge is 2.15. The monoisotopic (exact) mass is 198 g/mol. The van der Waals surface area contributed by atoms with Crippen LogP contribution in [0, 0.1) is 11.6 Å². The summed E-state index contributed by atoms with van der Waals surface area (Å²) >= 11 is 0. The van der Waals surface area contributed by atoms with Crippen molar-refractivity contribution in [2.45, 2.75) is 39.5 Å². The van der Waals surface area contributed by atoms with Crippen LogP contribution < -0.4 is 0 Å². The Hall–Kier alpha value is -0.920. The molecule has 0 spiro atoms. The molecule has 0 radical (unpaired) electrons. The summed E-state index contributed by atoms with van der Waals surface area (Å²) in [5.41, 5.74) is 0.933. The number of rotatable bonds is 2. The van der Waals surface area contributed by atoms with E-state index in [-0.39, 0.29) is 23.5 Å². The molecule has 0 bridgehead atoms. The quantitative estimate of drug-likeness (QED) is 0.667. The summed E-state index contributed by atoms with van der Waals surface area (Å²) in [4.78, 5) is 0. The van der Waals surface area contributed by atoms with Crippen molar-refractivity contribution in [1.29, 1.82) is 0 Å². The fourth-order valence-electron chi connectivity index (χ4n) is 1.47. The van der Waals surface area contributed by atoms with Crippen LogP contribution in [0.15, 0.2) is 12.1 Å². The topological polar surface area (TPSA) is 0 Å². The molecule has 1 aromatic carbocycles. The largest absolute Gasteiger partial charge is 0.207 e. The van der Waals surface area contributed by atoms with Gasteiger partial charge in [0.1, 0.15) is 11.6 Å². The van der Waals surface area contributed by atoms with Crippen LogP contribution in [0.2, 0.25) is 0 Å². The zero-order valence-electron chi connectivity index (χ0n) is 9.07. The number of halogens is 2. The van der Waals surface area contributed by atoms with Gasteiger partial charge in [0.2, 0.25) is 0 Å². The Kier molecular flexibility index (Phi) is 3.25. The Morgan fingerprint density at radius 1 is 0.857 bits per heavy atom. The second-order valence-electron chi connectivity index (χ2n) is 4.21. The molecule has 0 aliphatic heterocycles. The number of hydrogen-bond acceptors (Lipinski definition) is 0. The summed E-state index contributed by atoms with van der Waals surface area (Å²) < 4.78 is 26.9. The molecule has 0 aromatic heterocycles. The Balaban J connectivity index is 3.32. The average molecular weight is 198 g/mol. The molecule has 0 nitrogen and oxygen atoms in total. The molecule has 0 atom stereocenters. The second-order valence-corrected chi connectivity index (χ2v) is 4.21. The Labute approximate surface area is 84.0 Å².